The molecule has 0 fully saturated rings. The first-order chi connectivity index (χ1) is 11.7. The highest BCUT2D eigenvalue weighted by molar-refractivity contribution is 5.80. The Morgan fingerprint density at radius 2 is 1.52 bits per heavy atom. The number of allylic oxidation sites excluding steroid dienone is 1. The van der Waals surface area contributed by atoms with Crippen LogP contribution in [0.15, 0.2) is 42.5 Å². The molecule has 0 saturated carbocycles. The Morgan fingerprint density at radius 3 is 2.12 bits per heavy atom. The van der Waals surface area contributed by atoms with E-state index in [-0.39, 0.29) is 10.8 Å². The van der Waals surface area contributed by atoms with Gasteiger partial charge in [-0.15, -0.1) is 0 Å². The molecule has 128 valence electrons. The molecular weight excluding hydrogens is 302 g/mol. The number of benzene rings is 2. The smallest absolute Gasteiger partial charge is 0.0991 e. The van der Waals surface area contributed by atoms with Crippen molar-refractivity contribution in [2.24, 2.45) is 0 Å². The number of fused-ring (bicyclic) bond motifs is 1. The quantitative estimate of drug-likeness (QED) is 0.579. The van der Waals surface area contributed by atoms with Gasteiger partial charge in [0.05, 0.1) is 11.6 Å². The highest BCUT2D eigenvalue weighted by Crippen LogP contribution is 2.46. The van der Waals surface area contributed by atoms with E-state index in [0.29, 0.717) is 5.56 Å². The summed E-state index contributed by atoms with van der Waals surface area (Å²) in [6.07, 6.45) is 4.72. The van der Waals surface area contributed by atoms with Crippen molar-refractivity contribution >= 4 is 11.6 Å². The van der Waals surface area contributed by atoms with Gasteiger partial charge in [-0.1, -0.05) is 64.1 Å². The largest absolute Gasteiger partial charge is 0.192 e. The van der Waals surface area contributed by atoms with Crippen molar-refractivity contribution in [1.82, 2.24) is 0 Å². The summed E-state index contributed by atoms with van der Waals surface area (Å²) in [7, 11) is 0. The molecule has 0 aliphatic heterocycles. The number of nitrogens with zero attached hydrogens (tertiary/aromatic N) is 1. The van der Waals surface area contributed by atoms with Crippen LogP contribution < -0.4 is 0 Å². The zero-order valence-corrected chi connectivity index (χ0v) is 16.0. The molecule has 0 atom stereocenters. The van der Waals surface area contributed by atoms with Gasteiger partial charge in [0.1, 0.15) is 0 Å². The lowest BCUT2D eigenvalue weighted by Gasteiger charge is -2.42. The minimum Gasteiger partial charge on any atom is -0.192 e. The molecular formula is C24H27N. The monoisotopic (exact) mass is 329 g/mol. The minimum absolute atomic E-state index is 0.233. The van der Waals surface area contributed by atoms with E-state index in [0.717, 1.165) is 5.56 Å². The van der Waals surface area contributed by atoms with Crippen LogP contribution in [-0.2, 0) is 10.8 Å². The summed E-state index contributed by atoms with van der Waals surface area (Å²) in [5, 5.41) is 8.94. The van der Waals surface area contributed by atoms with Crippen molar-refractivity contribution in [3.63, 3.8) is 0 Å². The van der Waals surface area contributed by atoms with Gasteiger partial charge in [0.15, 0.2) is 0 Å². The second-order valence-corrected chi connectivity index (χ2v) is 8.59. The van der Waals surface area contributed by atoms with Gasteiger partial charge in [-0.05, 0) is 70.6 Å². The van der Waals surface area contributed by atoms with Crippen molar-refractivity contribution in [2.45, 2.75) is 58.3 Å². The van der Waals surface area contributed by atoms with E-state index in [2.05, 4.69) is 65.0 Å². The third-order valence-electron chi connectivity index (χ3n) is 5.73. The lowest BCUT2D eigenvalue weighted by atomic mass is 9.63. The average Bonchev–Trinajstić information content (AvgIpc) is 2.59. The van der Waals surface area contributed by atoms with Crippen molar-refractivity contribution in [2.75, 3.05) is 0 Å². The van der Waals surface area contributed by atoms with E-state index in [1.165, 1.54) is 35.1 Å². The van der Waals surface area contributed by atoms with E-state index in [1.807, 2.05) is 24.3 Å². The zero-order chi connectivity index (χ0) is 18.2. The van der Waals surface area contributed by atoms with Gasteiger partial charge in [0.2, 0.25) is 0 Å². The molecule has 1 nitrogen and oxygen atoms in total. The minimum atomic E-state index is 0.233. The lowest BCUT2D eigenvalue weighted by Crippen LogP contribution is -2.33. The van der Waals surface area contributed by atoms with Crippen LogP contribution in [0.1, 0.15) is 75.3 Å². The molecule has 0 amide bonds. The molecule has 3 rings (SSSR count). The normalized spacial score (nSPS) is 18.3. The fraction of sp³-hybridized carbons (Fsp3) is 0.375. The first-order valence-corrected chi connectivity index (χ1v) is 9.07. The Labute approximate surface area is 152 Å². The molecule has 2 aromatic carbocycles. The summed E-state index contributed by atoms with van der Waals surface area (Å²) in [4.78, 5) is 0. The van der Waals surface area contributed by atoms with Crippen molar-refractivity contribution in [1.29, 1.82) is 5.26 Å². The fourth-order valence-corrected chi connectivity index (χ4v) is 3.84. The Kier molecular flexibility index (Phi) is 4.33. The molecule has 2 aromatic rings. The first kappa shape index (κ1) is 17.5. The predicted octanol–water partition coefficient (Wildman–Crippen LogP) is 6.47. The van der Waals surface area contributed by atoms with Crippen LogP contribution in [0.4, 0.5) is 0 Å². The molecule has 0 saturated heterocycles. The van der Waals surface area contributed by atoms with Gasteiger partial charge in [-0.2, -0.15) is 5.26 Å². The zero-order valence-electron chi connectivity index (χ0n) is 16.0. The molecule has 0 aromatic heterocycles. The highest BCUT2D eigenvalue weighted by Gasteiger charge is 2.36. The van der Waals surface area contributed by atoms with Gasteiger partial charge >= 0.3 is 0 Å². The van der Waals surface area contributed by atoms with E-state index >= 15 is 0 Å². The fourth-order valence-electron chi connectivity index (χ4n) is 3.84. The van der Waals surface area contributed by atoms with Gasteiger partial charge < -0.3 is 0 Å². The van der Waals surface area contributed by atoms with Crippen molar-refractivity contribution < 1.29 is 0 Å². The molecule has 1 aliphatic rings. The van der Waals surface area contributed by atoms with Gasteiger partial charge in [0, 0.05) is 0 Å². The van der Waals surface area contributed by atoms with E-state index in [1.54, 1.807) is 0 Å². The van der Waals surface area contributed by atoms with Gasteiger partial charge in [-0.3, -0.25) is 0 Å². The number of rotatable bonds is 2. The molecule has 25 heavy (non-hydrogen) atoms. The van der Waals surface area contributed by atoms with Crippen LogP contribution in [-0.4, -0.2) is 0 Å². The number of hydrogen-bond acceptors (Lipinski definition) is 1. The lowest BCUT2D eigenvalue weighted by molar-refractivity contribution is 0.332. The third kappa shape index (κ3) is 3.40. The maximum Gasteiger partial charge on any atom is 0.0991 e. The van der Waals surface area contributed by atoms with Crippen molar-refractivity contribution in [3.05, 3.63) is 70.3 Å². The molecule has 1 heteroatoms. The van der Waals surface area contributed by atoms with Gasteiger partial charge in [0.25, 0.3) is 0 Å². The van der Waals surface area contributed by atoms with Crippen LogP contribution >= 0.6 is 0 Å². The standard InChI is InChI=1S/C24H27N/c1-17(20-9-6-18(16-25)7-10-20)14-19-8-11-21-22(15-19)24(4,5)13-12-23(21,2)3/h6-11,14-15H,12-13H2,1-5H3. The Bertz CT molecular complexity index is 858. The van der Waals surface area contributed by atoms with E-state index < -0.39 is 0 Å². The van der Waals surface area contributed by atoms with E-state index in [9.17, 15) is 0 Å². The second-order valence-electron chi connectivity index (χ2n) is 8.59. The maximum absolute atomic E-state index is 8.94. The van der Waals surface area contributed by atoms with Crippen molar-refractivity contribution in [3.8, 4) is 6.07 Å². The average molecular weight is 329 g/mol. The molecule has 0 N–H and O–H groups in total. The molecule has 0 radical (unpaired) electrons. The van der Waals surface area contributed by atoms with E-state index in [4.69, 9.17) is 5.26 Å². The van der Waals surface area contributed by atoms with Crippen LogP contribution in [0.25, 0.3) is 11.6 Å². The summed E-state index contributed by atoms with van der Waals surface area (Å²) in [5.41, 5.74) is 7.82. The van der Waals surface area contributed by atoms with Crippen LogP contribution in [0.2, 0.25) is 0 Å². The second kappa shape index (κ2) is 6.19. The Hall–Kier alpha value is -2.33. The molecule has 0 spiro atoms. The molecule has 0 bridgehead atoms. The Morgan fingerprint density at radius 1 is 0.920 bits per heavy atom. The molecule has 0 heterocycles. The summed E-state index contributed by atoms with van der Waals surface area (Å²) in [6.45, 7) is 11.6. The summed E-state index contributed by atoms with van der Waals surface area (Å²) in [6, 6.07) is 16.9. The third-order valence-corrected chi connectivity index (χ3v) is 5.73. The molecule has 1 aliphatic carbocycles. The summed E-state index contributed by atoms with van der Waals surface area (Å²) >= 11 is 0. The number of nitriles is 1. The number of hydrogen-bond donors (Lipinski definition) is 0. The summed E-state index contributed by atoms with van der Waals surface area (Å²) < 4.78 is 0. The first-order valence-electron chi connectivity index (χ1n) is 9.07. The summed E-state index contributed by atoms with van der Waals surface area (Å²) in [5.74, 6) is 0. The topological polar surface area (TPSA) is 23.8 Å². The van der Waals surface area contributed by atoms with Crippen LogP contribution in [0, 0.1) is 11.3 Å². The van der Waals surface area contributed by atoms with Gasteiger partial charge in [-0.25, -0.2) is 0 Å². The Balaban J connectivity index is 2.00. The maximum atomic E-state index is 8.94. The van der Waals surface area contributed by atoms with Crippen LogP contribution in [0.3, 0.4) is 0 Å². The predicted molar refractivity (Wildman–Crippen MR) is 106 cm³/mol. The molecule has 0 unspecified atom stereocenters. The van der Waals surface area contributed by atoms with Crippen LogP contribution in [0.5, 0.6) is 0 Å². The highest BCUT2D eigenvalue weighted by atomic mass is 14.4. The SMILES string of the molecule is CC(=Cc1ccc2c(c1)C(C)(C)CCC2(C)C)c1ccc(C#N)cc1.